The van der Waals surface area contributed by atoms with Gasteiger partial charge in [0.2, 0.25) is 0 Å². The molecule has 0 aliphatic carbocycles. The van der Waals surface area contributed by atoms with Crippen LogP contribution in [0.5, 0.6) is 0 Å². The number of carboxylic acids is 1. The Labute approximate surface area is 136 Å². The third-order valence-electron chi connectivity index (χ3n) is 4.16. The van der Waals surface area contributed by atoms with Gasteiger partial charge in [0.25, 0.3) is 5.56 Å². The number of rotatable bonds is 4. The number of carboxylic acid groups (broad SMARTS) is 1. The van der Waals surface area contributed by atoms with Crippen LogP contribution in [0.4, 0.5) is 4.39 Å². The molecule has 6 nitrogen and oxygen atoms in total. The van der Waals surface area contributed by atoms with E-state index >= 15 is 0 Å². The van der Waals surface area contributed by atoms with Gasteiger partial charge in [0, 0.05) is 30.0 Å². The molecule has 124 valence electrons. The number of aryl methyl sites for hydroxylation is 1. The highest BCUT2D eigenvalue weighted by Crippen LogP contribution is 2.22. The standard InChI is InChI=1S/C17H16FN3O3/c1-3-20-8-7-19-13(20)9-21-10(2)14(17(23)24)11-5-4-6-12(18)15(11)16(21)22/h4-8H,3,9H2,1-2H3,(H,23,24). The molecular weight excluding hydrogens is 313 g/mol. The summed E-state index contributed by atoms with van der Waals surface area (Å²) in [4.78, 5) is 28.6. The molecule has 3 aromatic rings. The molecule has 0 unspecified atom stereocenters. The number of carbonyl (C=O) groups is 1. The van der Waals surface area contributed by atoms with Crippen molar-refractivity contribution >= 4 is 16.7 Å². The minimum atomic E-state index is -1.20. The van der Waals surface area contributed by atoms with E-state index in [1.807, 2.05) is 11.5 Å². The highest BCUT2D eigenvalue weighted by molar-refractivity contribution is 6.04. The second-order valence-corrected chi connectivity index (χ2v) is 5.45. The summed E-state index contributed by atoms with van der Waals surface area (Å²) in [6.07, 6.45) is 3.38. The van der Waals surface area contributed by atoms with Crippen molar-refractivity contribution in [3.05, 3.63) is 63.8 Å². The average molecular weight is 329 g/mol. The Hall–Kier alpha value is -2.96. The summed E-state index contributed by atoms with van der Waals surface area (Å²) in [7, 11) is 0. The normalized spacial score (nSPS) is 11.1. The van der Waals surface area contributed by atoms with Crippen LogP contribution in [0.25, 0.3) is 10.8 Å². The molecule has 1 N–H and O–H groups in total. The van der Waals surface area contributed by atoms with E-state index in [1.54, 1.807) is 19.3 Å². The Morgan fingerprint density at radius 1 is 1.38 bits per heavy atom. The lowest BCUT2D eigenvalue weighted by molar-refractivity contribution is 0.0697. The van der Waals surface area contributed by atoms with Crippen molar-refractivity contribution in [1.29, 1.82) is 0 Å². The molecule has 0 fully saturated rings. The summed E-state index contributed by atoms with van der Waals surface area (Å²) in [5, 5.41) is 9.44. The van der Waals surface area contributed by atoms with Crippen molar-refractivity contribution < 1.29 is 14.3 Å². The summed E-state index contributed by atoms with van der Waals surface area (Å²) >= 11 is 0. The maximum absolute atomic E-state index is 14.2. The third-order valence-corrected chi connectivity index (χ3v) is 4.16. The predicted molar refractivity (Wildman–Crippen MR) is 86.9 cm³/mol. The Morgan fingerprint density at radius 3 is 2.79 bits per heavy atom. The van der Waals surface area contributed by atoms with Crippen LogP contribution in [0.1, 0.15) is 28.8 Å². The quantitative estimate of drug-likeness (QED) is 0.797. The molecule has 7 heteroatoms. The van der Waals surface area contributed by atoms with Crippen LogP contribution in [-0.2, 0) is 13.1 Å². The molecule has 0 saturated carbocycles. The highest BCUT2D eigenvalue weighted by atomic mass is 19.1. The summed E-state index contributed by atoms with van der Waals surface area (Å²) in [5.74, 6) is -1.32. The third kappa shape index (κ3) is 2.38. The van der Waals surface area contributed by atoms with Crippen LogP contribution < -0.4 is 5.56 Å². The fourth-order valence-electron chi connectivity index (χ4n) is 2.95. The summed E-state index contributed by atoms with van der Waals surface area (Å²) in [6.45, 7) is 4.23. The molecule has 0 atom stereocenters. The number of pyridine rings is 1. The first kappa shape index (κ1) is 15.9. The number of benzene rings is 1. The summed E-state index contributed by atoms with van der Waals surface area (Å²) in [6, 6.07) is 4.01. The zero-order chi connectivity index (χ0) is 17.4. The van der Waals surface area contributed by atoms with Gasteiger partial charge in [-0.1, -0.05) is 12.1 Å². The van der Waals surface area contributed by atoms with E-state index in [-0.39, 0.29) is 28.6 Å². The minimum Gasteiger partial charge on any atom is -0.478 e. The molecule has 1 aromatic carbocycles. The molecule has 2 aromatic heterocycles. The van der Waals surface area contributed by atoms with Gasteiger partial charge in [-0.05, 0) is 19.9 Å². The molecule has 3 rings (SSSR count). The second-order valence-electron chi connectivity index (χ2n) is 5.45. The van der Waals surface area contributed by atoms with Gasteiger partial charge in [0.05, 0.1) is 17.5 Å². The van der Waals surface area contributed by atoms with Gasteiger partial charge in [-0.15, -0.1) is 0 Å². The number of halogens is 1. The molecule has 0 saturated heterocycles. The number of imidazole rings is 1. The molecule has 0 amide bonds. The van der Waals surface area contributed by atoms with Crippen molar-refractivity contribution in [2.45, 2.75) is 26.9 Å². The molecule has 0 aliphatic heterocycles. The Balaban J connectivity index is 2.34. The summed E-state index contributed by atoms with van der Waals surface area (Å²) < 4.78 is 17.3. The van der Waals surface area contributed by atoms with Gasteiger partial charge < -0.3 is 14.2 Å². The zero-order valence-electron chi connectivity index (χ0n) is 13.3. The average Bonchev–Trinajstić information content (AvgIpc) is 2.98. The fraction of sp³-hybridized carbons (Fsp3) is 0.235. The zero-order valence-corrected chi connectivity index (χ0v) is 13.3. The highest BCUT2D eigenvalue weighted by Gasteiger charge is 2.21. The van der Waals surface area contributed by atoms with Gasteiger partial charge in [0.1, 0.15) is 11.6 Å². The molecule has 24 heavy (non-hydrogen) atoms. The minimum absolute atomic E-state index is 0.0706. The second kappa shape index (κ2) is 5.92. The van der Waals surface area contributed by atoms with E-state index in [9.17, 15) is 19.1 Å². The van der Waals surface area contributed by atoms with E-state index in [2.05, 4.69) is 4.98 Å². The van der Waals surface area contributed by atoms with Crippen LogP contribution in [0.2, 0.25) is 0 Å². The molecule has 0 spiro atoms. The topological polar surface area (TPSA) is 77.1 Å². The molecule has 2 heterocycles. The van der Waals surface area contributed by atoms with Gasteiger partial charge in [-0.2, -0.15) is 0 Å². The van der Waals surface area contributed by atoms with Crippen molar-refractivity contribution in [1.82, 2.24) is 14.1 Å². The van der Waals surface area contributed by atoms with Gasteiger partial charge >= 0.3 is 5.97 Å². The number of hydrogen-bond donors (Lipinski definition) is 1. The first-order valence-electron chi connectivity index (χ1n) is 7.50. The number of aromatic nitrogens is 3. The first-order chi connectivity index (χ1) is 11.5. The molecular formula is C17H16FN3O3. The van der Waals surface area contributed by atoms with Crippen molar-refractivity contribution in [3.8, 4) is 0 Å². The summed E-state index contributed by atoms with van der Waals surface area (Å²) in [5.41, 5.74) is -0.355. The van der Waals surface area contributed by atoms with Crippen LogP contribution >= 0.6 is 0 Å². The van der Waals surface area contributed by atoms with Gasteiger partial charge in [-0.3, -0.25) is 4.79 Å². The maximum Gasteiger partial charge on any atom is 0.338 e. The predicted octanol–water partition coefficient (Wildman–Crippen LogP) is 2.41. The van der Waals surface area contributed by atoms with E-state index in [1.165, 1.54) is 16.7 Å². The molecule has 0 aliphatic rings. The van der Waals surface area contributed by atoms with Crippen molar-refractivity contribution in [3.63, 3.8) is 0 Å². The Kier molecular flexibility index (Phi) is 3.92. The van der Waals surface area contributed by atoms with Gasteiger partial charge in [0.15, 0.2) is 0 Å². The first-order valence-corrected chi connectivity index (χ1v) is 7.50. The smallest absolute Gasteiger partial charge is 0.338 e. The van der Waals surface area contributed by atoms with E-state index < -0.39 is 17.3 Å². The SMILES string of the molecule is CCn1ccnc1Cn1c(C)c(C(=O)O)c2cccc(F)c2c1=O. The maximum atomic E-state index is 14.2. The fourth-order valence-corrected chi connectivity index (χ4v) is 2.95. The number of nitrogens with zero attached hydrogens (tertiary/aromatic N) is 3. The lowest BCUT2D eigenvalue weighted by atomic mass is 10.0. The van der Waals surface area contributed by atoms with Crippen LogP contribution in [0, 0.1) is 12.7 Å². The molecule has 0 bridgehead atoms. The van der Waals surface area contributed by atoms with Gasteiger partial charge in [-0.25, -0.2) is 14.2 Å². The lowest BCUT2D eigenvalue weighted by Gasteiger charge is -2.15. The van der Waals surface area contributed by atoms with E-state index in [0.717, 1.165) is 6.07 Å². The van der Waals surface area contributed by atoms with E-state index in [4.69, 9.17) is 0 Å². The number of aromatic carboxylic acids is 1. The Bertz CT molecular complexity index is 1000. The van der Waals surface area contributed by atoms with Crippen molar-refractivity contribution in [2.75, 3.05) is 0 Å². The Morgan fingerprint density at radius 2 is 2.12 bits per heavy atom. The van der Waals surface area contributed by atoms with Crippen LogP contribution in [0.15, 0.2) is 35.4 Å². The van der Waals surface area contributed by atoms with Crippen LogP contribution in [0.3, 0.4) is 0 Å². The lowest BCUT2D eigenvalue weighted by Crippen LogP contribution is -2.28. The monoisotopic (exact) mass is 329 g/mol. The van der Waals surface area contributed by atoms with E-state index in [0.29, 0.717) is 12.4 Å². The number of hydrogen-bond acceptors (Lipinski definition) is 3. The van der Waals surface area contributed by atoms with Crippen molar-refractivity contribution in [2.24, 2.45) is 0 Å². The largest absolute Gasteiger partial charge is 0.478 e. The molecule has 0 radical (unpaired) electrons. The number of fused-ring (bicyclic) bond motifs is 1. The van der Waals surface area contributed by atoms with Crippen LogP contribution in [-0.4, -0.2) is 25.2 Å².